The molecule has 3 aromatic rings. The number of benzene rings is 2. The molecule has 0 bridgehead atoms. The van der Waals surface area contributed by atoms with Crippen molar-refractivity contribution in [2.24, 2.45) is 0 Å². The first kappa shape index (κ1) is 22.5. The Kier molecular flexibility index (Phi) is 6.46. The number of likely N-dealkylation sites (tertiary alicyclic amines) is 1. The van der Waals surface area contributed by atoms with Crippen LogP contribution in [-0.2, 0) is 16.1 Å². The van der Waals surface area contributed by atoms with Gasteiger partial charge in [0.2, 0.25) is 5.78 Å². The molecule has 1 fully saturated rings. The van der Waals surface area contributed by atoms with E-state index in [1.807, 2.05) is 6.07 Å². The average molecular weight is 509 g/mol. The molecule has 1 amide bonds. The van der Waals surface area contributed by atoms with Crippen LogP contribution in [0.4, 0.5) is 0 Å². The van der Waals surface area contributed by atoms with Crippen molar-refractivity contribution in [2.75, 3.05) is 14.2 Å². The average Bonchev–Trinajstić information content (AvgIpc) is 3.09. The summed E-state index contributed by atoms with van der Waals surface area (Å²) in [6, 6.07) is 14.5. The number of rotatable bonds is 6. The zero-order chi connectivity index (χ0) is 23.5. The highest BCUT2D eigenvalue weighted by Crippen LogP contribution is 2.44. The van der Waals surface area contributed by atoms with Crippen molar-refractivity contribution in [3.05, 3.63) is 93.7 Å². The summed E-state index contributed by atoms with van der Waals surface area (Å²) in [5.41, 5.74) is 1.48. The number of nitrogens with zero attached hydrogens (tertiary/aromatic N) is 1. The Balaban J connectivity index is 1.93. The quantitative estimate of drug-likeness (QED) is 0.290. The molecule has 0 spiro atoms. The molecule has 0 saturated carbocycles. The van der Waals surface area contributed by atoms with E-state index in [1.165, 1.54) is 19.1 Å². The number of amides is 1. The van der Waals surface area contributed by atoms with E-state index in [2.05, 4.69) is 20.9 Å². The Morgan fingerprint density at radius 3 is 2.48 bits per heavy atom. The SMILES string of the molecule is COc1ccc(OC)c(C2C(=C([O-])c3ccc(Br)cc3)C(=O)C(=O)N2Cc2ccc[nH+]c2)c1. The molecule has 2 aromatic carbocycles. The molecule has 8 heteroatoms. The van der Waals surface area contributed by atoms with Gasteiger partial charge in [-0.1, -0.05) is 33.8 Å². The summed E-state index contributed by atoms with van der Waals surface area (Å²) in [7, 11) is 3.02. The molecule has 1 N–H and O–H groups in total. The molecular weight excluding hydrogens is 488 g/mol. The van der Waals surface area contributed by atoms with E-state index in [4.69, 9.17) is 9.47 Å². The number of hydrogen-bond donors (Lipinski definition) is 0. The molecule has 168 valence electrons. The molecule has 1 aromatic heterocycles. The van der Waals surface area contributed by atoms with E-state index in [-0.39, 0.29) is 12.1 Å². The first-order valence-electron chi connectivity index (χ1n) is 10.1. The summed E-state index contributed by atoms with van der Waals surface area (Å²) in [6.07, 6.45) is 3.49. The maximum atomic E-state index is 13.5. The monoisotopic (exact) mass is 508 g/mol. The van der Waals surface area contributed by atoms with Gasteiger partial charge in [0.15, 0.2) is 12.4 Å². The highest BCUT2D eigenvalue weighted by molar-refractivity contribution is 9.10. The summed E-state index contributed by atoms with van der Waals surface area (Å²) >= 11 is 3.35. The van der Waals surface area contributed by atoms with Gasteiger partial charge in [-0.15, -0.1) is 0 Å². The van der Waals surface area contributed by atoms with Gasteiger partial charge in [0.05, 0.1) is 26.8 Å². The normalized spacial score (nSPS) is 17.3. The van der Waals surface area contributed by atoms with Crippen molar-refractivity contribution < 1.29 is 29.2 Å². The van der Waals surface area contributed by atoms with Crippen LogP contribution in [0.2, 0.25) is 0 Å². The molecule has 33 heavy (non-hydrogen) atoms. The maximum absolute atomic E-state index is 13.5. The molecule has 0 aliphatic carbocycles. The van der Waals surface area contributed by atoms with Crippen molar-refractivity contribution >= 4 is 33.4 Å². The molecule has 4 rings (SSSR count). The summed E-state index contributed by atoms with van der Waals surface area (Å²) in [5, 5.41) is 13.5. The number of carbonyl (C=O) groups excluding carboxylic acids is 2. The Morgan fingerprint density at radius 1 is 1.09 bits per heavy atom. The highest BCUT2D eigenvalue weighted by atomic mass is 79.9. The molecule has 1 aliphatic rings. The van der Waals surface area contributed by atoms with E-state index in [1.54, 1.807) is 60.9 Å². The second-order valence-corrected chi connectivity index (χ2v) is 8.35. The van der Waals surface area contributed by atoms with Gasteiger partial charge in [0.1, 0.15) is 11.5 Å². The predicted molar refractivity (Wildman–Crippen MR) is 122 cm³/mol. The number of nitrogens with one attached hydrogen (secondary N) is 1. The van der Waals surface area contributed by atoms with Crippen LogP contribution in [0.15, 0.2) is 77.0 Å². The lowest BCUT2D eigenvalue weighted by Crippen LogP contribution is -2.30. The number of aromatic amines is 1. The topological polar surface area (TPSA) is 93.0 Å². The number of H-pyrrole nitrogens is 1. The smallest absolute Gasteiger partial charge is 0.295 e. The lowest BCUT2D eigenvalue weighted by Gasteiger charge is -2.28. The molecule has 1 unspecified atom stereocenters. The number of halogens is 1. The molecular formula is C25H21BrN2O5. The van der Waals surface area contributed by atoms with Crippen molar-refractivity contribution in [1.82, 2.24) is 4.90 Å². The van der Waals surface area contributed by atoms with Crippen LogP contribution in [0.1, 0.15) is 22.7 Å². The van der Waals surface area contributed by atoms with Gasteiger partial charge in [0, 0.05) is 27.2 Å². The number of carbonyl (C=O) groups is 2. The summed E-state index contributed by atoms with van der Waals surface area (Å²) in [6.45, 7) is 0.129. The number of ketones is 1. The van der Waals surface area contributed by atoms with Gasteiger partial charge < -0.3 is 19.5 Å². The largest absolute Gasteiger partial charge is 0.872 e. The standard InChI is InChI=1S/C25H21BrN2O5/c1-32-18-9-10-20(33-2)19(12-18)22-21(23(29)16-5-7-17(26)8-6-16)24(30)25(31)28(22)14-15-4-3-11-27-13-15/h3-13,22,29H,14H2,1-2H3. The van der Waals surface area contributed by atoms with Gasteiger partial charge in [-0.3, -0.25) is 9.59 Å². The van der Waals surface area contributed by atoms with Gasteiger partial charge >= 0.3 is 0 Å². The molecule has 1 aliphatic heterocycles. The van der Waals surface area contributed by atoms with Crippen LogP contribution in [0.5, 0.6) is 11.5 Å². The van der Waals surface area contributed by atoms with Crippen LogP contribution in [0.3, 0.4) is 0 Å². The minimum atomic E-state index is -0.939. The van der Waals surface area contributed by atoms with Crippen LogP contribution >= 0.6 is 15.9 Å². The lowest BCUT2D eigenvalue weighted by atomic mass is 9.94. The molecule has 1 saturated heterocycles. The fourth-order valence-corrected chi connectivity index (χ4v) is 4.16. The molecule has 1 atom stereocenters. The van der Waals surface area contributed by atoms with Crippen LogP contribution in [0, 0.1) is 0 Å². The second-order valence-electron chi connectivity index (χ2n) is 7.43. The minimum Gasteiger partial charge on any atom is -0.872 e. The number of Topliss-reactive ketones (excluding diaryl/α,β-unsaturated/α-hetero) is 1. The van der Waals surface area contributed by atoms with E-state index in [9.17, 15) is 14.7 Å². The van der Waals surface area contributed by atoms with Crippen LogP contribution in [0.25, 0.3) is 5.76 Å². The third kappa shape index (κ3) is 4.34. The van der Waals surface area contributed by atoms with E-state index in [0.717, 1.165) is 10.0 Å². The zero-order valence-corrected chi connectivity index (χ0v) is 19.6. The summed E-state index contributed by atoms with van der Waals surface area (Å²) in [5.74, 6) is -1.11. The molecule has 7 nitrogen and oxygen atoms in total. The highest BCUT2D eigenvalue weighted by Gasteiger charge is 2.45. The Bertz CT molecular complexity index is 1230. The Hall–Kier alpha value is -3.65. The number of methoxy groups -OCH3 is 2. The summed E-state index contributed by atoms with van der Waals surface area (Å²) < 4.78 is 11.7. The lowest BCUT2D eigenvalue weighted by molar-refractivity contribution is -0.378. The summed E-state index contributed by atoms with van der Waals surface area (Å²) in [4.78, 5) is 30.7. The number of hydrogen-bond acceptors (Lipinski definition) is 5. The molecule has 2 heterocycles. The second kappa shape index (κ2) is 9.46. The fourth-order valence-electron chi connectivity index (χ4n) is 3.89. The first-order valence-corrected chi connectivity index (χ1v) is 10.9. The number of ether oxygens (including phenoxy) is 2. The van der Waals surface area contributed by atoms with Gasteiger partial charge in [-0.05, 0) is 42.0 Å². The van der Waals surface area contributed by atoms with E-state index >= 15 is 0 Å². The predicted octanol–water partition coefficient (Wildman–Crippen LogP) is 2.70. The van der Waals surface area contributed by atoms with Gasteiger partial charge in [-0.25, -0.2) is 4.98 Å². The first-order chi connectivity index (χ1) is 15.9. The van der Waals surface area contributed by atoms with Crippen molar-refractivity contribution in [3.63, 3.8) is 0 Å². The Labute approximate surface area is 199 Å². The van der Waals surface area contributed by atoms with Gasteiger partial charge in [0.25, 0.3) is 5.91 Å². The fraction of sp³-hybridized carbons (Fsp3) is 0.160. The van der Waals surface area contributed by atoms with Crippen molar-refractivity contribution in [3.8, 4) is 11.5 Å². The minimum absolute atomic E-state index is 0.117. The van der Waals surface area contributed by atoms with Crippen LogP contribution < -0.4 is 19.6 Å². The third-order valence-corrected chi connectivity index (χ3v) is 6.02. The van der Waals surface area contributed by atoms with E-state index in [0.29, 0.717) is 22.6 Å². The zero-order valence-electron chi connectivity index (χ0n) is 18.0. The number of aromatic nitrogens is 1. The van der Waals surface area contributed by atoms with E-state index < -0.39 is 23.5 Å². The third-order valence-electron chi connectivity index (χ3n) is 5.49. The van der Waals surface area contributed by atoms with Crippen molar-refractivity contribution in [2.45, 2.75) is 12.6 Å². The maximum Gasteiger partial charge on any atom is 0.295 e. The van der Waals surface area contributed by atoms with Crippen molar-refractivity contribution in [1.29, 1.82) is 0 Å². The molecule has 0 radical (unpaired) electrons. The Morgan fingerprint density at radius 2 is 1.85 bits per heavy atom. The number of pyridine rings is 1. The van der Waals surface area contributed by atoms with Crippen LogP contribution in [-0.4, -0.2) is 30.8 Å². The van der Waals surface area contributed by atoms with Gasteiger partial charge in [-0.2, -0.15) is 0 Å².